The molecule has 3 atom stereocenters. The molecule has 0 unspecified atom stereocenters. The van der Waals surface area contributed by atoms with E-state index in [-0.39, 0.29) is 87.4 Å². The van der Waals surface area contributed by atoms with Crippen LogP contribution in [0.15, 0.2) is 198 Å². The Labute approximate surface area is 628 Å². The summed E-state index contributed by atoms with van der Waals surface area (Å²) < 4.78 is 85.7. The molecule has 6 aromatic heterocycles. The van der Waals surface area contributed by atoms with Crippen LogP contribution in [0.5, 0.6) is 51.7 Å². The van der Waals surface area contributed by atoms with Gasteiger partial charge in [-0.25, -0.2) is 14.4 Å². The SMILES string of the molecule is C=CC(=O)N1CC[C@@H](n2c(=O)n(-c3ccc(Oc4cccc(OC)c4F)cc3)c3cncc(C)c32)C1.CC#CC(=O)N1CCC[C@@H](n2c(=O)n(-c3ccc(Oc4cccc(OC)c4F)cc3)c3cnccc32)C1.CC#CC(=O)N1CC[C@@H](n2c(=O)n(-c3ccc(Oc4cccc(OC)c4F)cc3)c3cncc(C)c32)C1. The highest BCUT2D eigenvalue weighted by Gasteiger charge is 2.34. The lowest BCUT2D eigenvalue weighted by Gasteiger charge is -2.32. The highest BCUT2D eigenvalue weighted by atomic mass is 19.1. The number of piperidine rings is 1. The van der Waals surface area contributed by atoms with Crippen LogP contribution < -0.4 is 45.5 Å². The lowest BCUT2D eigenvalue weighted by atomic mass is 10.1. The molecule has 3 amide bonds. The third-order valence-electron chi connectivity index (χ3n) is 19.4. The average Bonchev–Trinajstić information content (AvgIpc) is 1.59. The summed E-state index contributed by atoms with van der Waals surface area (Å²) in [5, 5.41) is 0. The number of methoxy groups -OCH3 is 3. The second kappa shape index (κ2) is 32.7. The molecule has 12 aromatic rings. The molecule has 110 heavy (non-hydrogen) atoms. The fourth-order valence-corrected chi connectivity index (χ4v) is 14.2. The summed E-state index contributed by atoms with van der Waals surface area (Å²) in [6.07, 6.45) is 14.2. The van der Waals surface area contributed by atoms with Gasteiger partial charge in [-0.3, -0.25) is 56.7 Å². The van der Waals surface area contributed by atoms with Crippen molar-refractivity contribution in [1.29, 1.82) is 0 Å². The van der Waals surface area contributed by atoms with E-state index in [4.69, 9.17) is 28.4 Å². The predicted molar refractivity (Wildman–Crippen MR) is 407 cm³/mol. The number of aromatic nitrogens is 9. The fraction of sp³-hybridized carbons (Fsp3) is 0.241. The first-order chi connectivity index (χ1) is 53.4. The van der Waals surface area contributed by atoms with E-state index in [0.717, 1.165) is 40.5 Å². The summed E-state index contributed by atoms with van der Waals surface area (Å²) in [5.74, 6) is 9.69. The summed E-state index contributed by atoms with van der Waals surface area (Å²) in [4.78, 5) is 96.0. The Bertz CT molecular complexity index is 5850. The van der Waals surface area contributed by atoms with Crippen molar-refractivity contribution in [3.63, 3.8) is 0 Å². The molecule has 0 radical (unpaired) electrons. The Morgan fingerprint density at radius 1 is 0.445 bits per heavy atom. The number of benzene rings is 6. The molecule has 0 aliphatic carbocycles. The minimum absolute atomic E-state index is 0.0359. The topological polar surface area (TPSA) is 236 Å². The van der Waals surface area contributed by atoms with E-state index in [1.54, 1.807) is 184 Å². The van der Waals surface area contributed by atoms with Crippen LogP contribution in [0.1, 0.15) is 68.8 Å². The van der Waals surface area contributed by atoms with Gasteiger partial charge in [0.05, 0.1) is 108 Å². The zero-order valence-electron chi connectivity index (χ0n) is 61.2. The second-order valence-corrected chi connectivity index (χ2v) is 26.0. The molecule has 0 N–H and O–H groups in total. The summed E-state index contributed by atoms with van der Waals surface area (Å²) in [5.41, 5.74) is 7.18. The molecule has 3 aliphatic rings. The van der Waals surface area contributed by atoms with E-state index in [1.807, 2.05) is 19.9 Å². The minimum Gasteiger partial charge on any atom is -0.494 e. The summed E-state index contributed by atoms with van der Waals surface area (Å²) in [7, 11) is 4.17. The van der Waals surface area contributed by atoms with Gasteiger partial charge in [0.2, 0.25) is 23.4 Å². The first-order valence-electron chi connectivity index (χ1n) is 35.3. The number of rotatable bonds is 16. The number of imidazole rings is 3. The van der Waals surface area contributed by atoms with Gasteiger partial charge in [0.25, 0.3) is 11.8 Å². The van der Waals surface area contributed by atoms with Gasteiger partial charge in [-0.2, -0.15) is 13.2 Å². The van der Waals surface area contributed by atoms with Gasteiger partial charge in [-0.15, -0.1) is 0 Å². The monoisotopic (exact) mass is 1490 g/mol. The first-order valence-corrected chi connectivity index (χ1v) is 35.3. The van der Waals surface area contributed by atoms with Crippen molar-refractivity contribution < 1.29 is 56.0 Å². The molecule has 24 nitrogen and oxygen atoms in total. The highest BCUT2D eigenvalue weighted by molar-refractivity contribution is 5.94. The second-order valence-electron chi connectivity index (χ2n) is 26.0. The highest BCUT2D eigenvalue weighted by Crippen LogP contribution is 2.37. The summed E-state index contributed by atoms with van der Waals surface area (Å²) in [6.45, 7) is 13.6. The quantitative estimate of drug-likeness (QED) is 0.0646. The largest absolute Gasteiger partial charge is 0.494 e. The Kier molecular flexibility index (Phi) is 22.2. The van der Waals surface area contributed by atoms with Crippen LogP contribution in [-0.2, 0) is 14.4 Å². The predicted octanol–water partition coefficient (Wildman–Crippen LogP) is 12.9. The lowest BCUT2D eigenvalue weighted by Crippen LogP contribution is -2.42. The smallest absolute Gasteiger partial charge is 0.334 e. The van der Waals surface area contributed by atoms with Gasteiger partial charge in [0, 0.05) is 57.9 Å². The van der Waals surface area contributed by atoms with Gasteiger partial charge in [0.1, 0.15) is 17.2 Å². The fourth-order valence-electron chi connectivity index (χ4n) is 14.2. The molecule has 3 fully saturated rings. The third kappa shape index (κ3) is 14.9. The van der Waals surface area contributed by atoms with Gasteiger partial charge in [-0.05, 0) is 198 Å². The van der Waals surface area contributed by atoms with Gasteiger partial charge >= 0.3 is 17.1 Å². The van der Waals surface area contributed by atoms with Crippen molar-refractivity contribution in [1.82, 2.24) is 57.1 Å². The van der Waals surface area contributed by atoms with E-state index in [2.05, 4.69) is 45.2 Å². The summed E-state index contributed by atoms with van der Waals surface area (Å²) in [6, 6.07) is 35.7. The number of hydrogen-bond donors (Lipinski definition) is 0. The van der Waals surface area contributed by atoms with Gasteiger partial charge < -0.3 is 43.1 Å². The minimum atomic E-state index is -0.594. The Morgan fingerprint density at radius 3 is 1.22 bits per heavy atom. The van der Waals surface area contributed by atoms with Crippen LogP contribution in [0.3, 0.4) is 0 Å². The molecule has 0 saturated carbocycles. The van der Waals surface area contributed by atoms with Crippen molar-refractivity contribution >= 4 is 50.8 Å². The maximum Gasteiger partial charge on any atom is 0.334 e. The number of halogens is 3. The Balaban J connectivity index is 0.000000145. The van der Waals surface area contributed by atoms with Gasteiger partial charge in [0.15, 0.2) is 34.5 Å². The van der Waals surface area contributed by atoms with E-state index in [1.165, 1.54) is 63.8 Å². The van der Waals surface area contributed by atoms with E-state index in [9.17, 15) is 41.9 Å². The number of fused-ring (bicyclic) bond motifs is 3. The van der Waals surface area contributed by atoms with Crippen molar-refractivity contribution in [2.75, 3.05) is 60.6 Å². The number of likely N-dealkylation sites (tertiary alicyclic amines) is 3. The van der Waals surface area contributed by atoms with Crippen molar-refractivity contribution in [3.05, 3.63) is 243 Å². The van der Waals surface area contributed by atoms with Crippen molar-refractivity contribution in [2.24, 2.45) is 0 Å². The molecule has 27 heteroatoms. The molecule has 3 saturated heterocycles. The lowest BCUT2D eigenvalue weighted by molar-refractivity contribution is -0.127. The number of hydrogen-bond acceptors (Lipinski definition) is 15. The van der Waals surface area contributed by atoms with Crippen LogP contribution >= 0.6 is 0 Å². The third-order valence-corrected chi connectivity index (χ3v) is 19.4. The molecule has 0 bridgehead atoms. The van der Waals surface area contributed by atoms with Crippen molar-refractivity contribution in [3.8, 4) is 92.5 Å². The molecular formula is C83H75F3N12O12. The average molecular weight is 1490 g/mol. The van der Waals surface area contributed by atoms with Crippen LogP contribution in [0.2, 0.25) is 0 Å². The number of carbonyl (C=O) groups excluding carboxylic acids is 3. The number of pyridine rings is 3. The van der Waals surface area contributed by atoms with E-state index >= 15 is 0 Å². The molecule has 0 spiro atoms. The van der Waals surface area contributed by atoms with Crippen molar-refractivity contribution in [2.45, 2.75) is 71.5 Å². The van der Waals surface area contributed by atoms with Crippen LogP contribution in [0.4, 0.5) is 13.2 Å². The maximum absolute atomic E-state index is 14.5. The number of amides is 3. The van der Waals surface area contributed by atoms with Crippen LogP contribution in [0, 0.1) is 55.0 Å². The molecule has 3 aliphatic heterocycles. The van der Waals surface area contributed by atoms with Crippen LogP contribution in [0.25, 0.3) is 50.2 Å². The Morgan fingerprint density at radius 2 is 0.809 bits per heavy atom. The molecule has 15 rings (SSSR count). The number of aryl methyl sites for hydroxylation is 2. The number of ether oxygens (including phenoxy) is 6. The molecule has 6 aromatic carbocycles. The normalized spacial score (nSPS) is 15.1. The van der Waals surface area contributed by atoms with E-state index in [0.29, 0.717) is 103 Å². The zero-order chi connectivity index (χ0) is 77.4. The Hall–Kier alpha value is -13.6. The van der Waals surface area contributed by atoms with Crippen LogP contribution in [-0.4, -0.2) is 135 Å². The standard InChI is InChI=1S/2C28H25FN4O4.C27H25FN4O4/c1-4-6-25(34)31-14-13-20(17-31)33-27-18(2)15-30-16-22(27)32(28(33)35)19-9-11-21(12-10-19)37-24-8-5-7-23(36-3)26(24)29;1-3-6-26(34)31-16-5-7-20(18-31)33-22-14-15-30-17-23(22)32(28(33)35)19-10-12-21(13-11-19)37-25-9-4-8-24(36-2)27(25)29;1-4-24(33)30-13-12-19(16-30)32-26-17(2)14-29-15-21(26)31(27(32)34)18-8-10-20(11-9-18)36-23-7-5-6-22(35-3)25(23)28/h5,7-12,15-16,20H,13-14,17H2,1-3H3;4,8-15,17,20H,5,7,16,18H2,1-2H3;4-11,14-15,19H,1,12-13,16H2,2-3H3/t2*20-;19-/m111/s1. The summed E-state index contributed by atoms with van der Waals surface area (Å²) >= 11 is 0. The maximum atomic E-state index is 14.5. The van der Waals surface area contributed by atoms with Gasteiger partial charge in [-0.1, -0.05) is 36.6 Å². The first kappa shape index (κ1) is 74.7. The molecule has 560 valence electrons. The molecular weight excluding hydrogens is 1410 g/mol. The molecule has 9 heterocycles. The number of nitrogens with zero attached hydrogens (tertiary/aromatic N) is 12. The number of carbonyl (C=O) groups is 3. The van der Waals surface area contributed by atoms with E-state index < -0.39 is 17.5 Å². The zero-order valence-corrected chi connectivity index (χ0v) is 61.2.